The van der Waals surface area contributed by atoms with Crippen molar-refractivity contribution in [1.82, 2.24) is 5.43 Å². The molecule has 154 valence electrons. The standard InChI is InChI=1S/C21H26N4O4/c1-3-4-12-28-15-10-8-14(9-11-15)23-20(26)19-13(2)18-16(24-25-21(22)27)6-5-7-17(18)29-19/h8-11H,3-7,12H2,1-2H3,(H,23,26)(H3,22,25,27)/b24-16+. The first-order chi connectivity index (χ1) is 14.0. The number of aryl methyl sites for hydroxylation is 1. The van der Waals surface area contributed by atoms with Gasteiger partial charge in [0, 0.05) is 23.2 Å². The molecule has 0 atom stereocenters. The minimum atomic E-state index is -0.731. The molecule has 1 aliphatic rings. The molecule has 0 saturated carbocycles. The van der Waals surface area contributed by atoms with Gasteiger partial charge in [0.25, 0.3) is 5.91 Å². The Balaban J connectivity index is 1.73. The van der Waals surface area contributed by atoms with Crippen molar-refractivity contribution in [2.45, 2.75) is 46.0 Å². The molecule has 0 radical (unpaired) electrons. The van der Waals surface area contributed by atoms with Crippen molar-refractivity contribution in [3.05, 3.63) is 46.9 Å². The minimum Gasteiger partial charge on any atom is -0.494 e. The molecule has 1 aliphatic carbocycles. The number of hydrazone groups is 1. The van der Waals surface area contributed by atoms with Crippen LogP contribution in [-0.4, -0.2) is 24.3 Å². The molecule has 0 spiro atoms. The Bertz CT molecular complexity index is 916. The summed E-state index contributed by atoms with van der Waals surface area (Å²) in [5, 5.41) is 6.92. The number of amides is 3. The van der Waals surface area contributed by atoms with Crippen LogP contribution in [-0.2, 0) is 6.42 Å². The van der Waals surface area contributed by atoms with Crippen molar-refractivity contribution in [3.8, 4) is 5.75 Å². The van der Waals surface area contributed by atoms with Gasteiger partial charge in [-0.25, -0.2) is 10.2 Å². The zero-order valence-corrected chi connectivity index (χ0v) is 16.7. The summed E-state index contributed by atoms with van der Waals surface area (Å²) < 4.78 is 11.5. The number of benzene rings is 1. The van der Waals surface area contributed by atoms with Crippen LogP contribution in [0.1, 0.15) is 60.0 Å². The summed E-state index contributed by atoms with van der Waals surface area (Å²) in [5.74, 6) is 1.37. The highest BCUT2D eigenvalue weighted by molar-refractivity contribution is 6.09. The second-order valence-electron chi connectivity index (χ2n) is 6.92. The van der Waals surface area contributed by atoms with Crippen molar-refractivity contribution in [3.63, 3.8) is 0 Å². The van der Waals surface area contributed by atoms with Gasteiger partial charge < -0.3 is 20.2 Å². The number of rotatable bonds is 7. The van der Waals surface area contributed by atoms with Gasteiger partial charge in [0.15, 0.2) is 5.76 Å². The number of furan rings is 1. The Morgan fingerprint density at radius 2 is 2.00 bits per heavy atom. The summed E-state index contributed by atoms with van der Waals surface area (Å²) in [6.45, 7) is 4.60. The number of nitrogens with zero attached hydrogens (tertiary/aromatic N) is 1. The zero-order valence-electron chi connectivity index (χ0n) is 16.7. The van der Waals surface area contributed by atoms with Gasteiger partial charge in [-0.15, -0.1) is 0 Å². The van der Waals surface area contributed by atoms with E-state index in [0.717, 1.165) is 30.6 Å². The third kappa shape index (κ3) is 4.96. The summed E-state index contributed by atoms with van der Waals surface area (Å²) >= 11 is 0. The van der Waals surface area contributed by atoms with Crippen LogP contribution < -0.4 is 21.2 Å². The van der Waals surface area contributed by atoms with E-state index in [9.17, 15) is 9.59 Å². The van der Waals surface area contributed by atoms with Crippen molar-refractivity contribution in [1.29, 1.82) is 0 Å². The number of anilines is 1. The molecule has 0 unspecified atom stereocenters. The van der Waals surface area contributed by atoms with Crippen molar-refractivity contribution in [2.75, 3.05) is 11.9 Å². The number of unbranched alkanes of at least 4 members (excludes halogenated alkanes) is 1. The molecule has 1 heterocycles. The van der Waals surface area contributed by atoms with Gasteiger partial charge in [0.1, 0.15) is 11.5 Å². The number of hydrogen-bond acceptors (Lipinski definition) is 5. The van der Waals surface area contributed by atoms with Crippen molar-refractivity contribution < 1.29 is 18.7 Å². The van der Waals surface area contributed by atoms with Crippen LogP contribution in [0.15, 0.2) is 33.8 Å². The lowest BCUT2D eigenvalue weighted by atomic mass is 9.93. The maximum Gasteiger partial charge on any atom is 0.332 e. The average Bonchev–Trinajstić information content (AvgIpc) is 3.05. The molecule has 29 heavy (non-hydrogen) atoms. The quantitative estimate of drug-likeness (QED) is 0.486. The van der Waals surface area contributed by atoms with Gasteiger partial charge in [0.2, 0.25) is 0 Å². The van der Waals surface area contributed by atoms with Gasteiger partial charge in [-0.3, -0.25) is 4.79 Å². The normalized spacial score (nSPS) is 14.3. The highest BCUT2D eigenvalue weighted by Crippen LogP contribution is 2.30. The van der Waals surface area contributed by atoms with E-state index in [0.29, 0.717) is 42.2 Å². The number of carbonyl (C=O) groups excluding carboxylic acids is 2. The van der Waals surface area contributed by atoms with Gasteiger partial charge in [0.05, 0.1) is 12.3 Å². The molecule has 8 nitrogen and oxygen atoms in total. The highest BCUT2D eigenvalue weighted by Gasteiger charge is 2.28. The van der Waals surface area contributed by atoms with Crippen molar-refractivity contribution in [2.24, 2.45) is 10.8 Å². The number of fused-ring (bicyclic) bond motifs is 1. The van der Waals surface area contributed by atoms with E-state index >= 15 is 0 Å². The van der Waals surface area contributed by atoms with Crippen LogP contribution in [0.3, 0.4) is 0 Å². The number of primary amides is 1. The van der Waals surface area contributed by atoms with E-state index in [-0.39, 0.29) is 11.7 Å². The van der Waals surface area contributed by atoms with E-state index in [1.54, 1.807) is 12.1 Å². The summed E-state index contributed by atoms with van der Waals surface area (Å²) in [4.78, 5) is 23.7. The molecule has 3 amide bonds. The van der Waals surface area contributed by atoms with Gasteiger partial charge in [-0.1, -0.05) is 13.3 Å². The summed E-state index contributed by atoms with van der Waals surface area (Å²) in [7, 11) is 0. The molecule has 1 aromatic carbocycles. The Labute approximate surface area is 169 Å². The van der Waals surface area contributed by atoms with E-state index in [1.165, 1.54) is 0 Å². The summed E-state index contributed by atoms with van der Waals surface area (Å²) in [5.41, 5.74) is 10.1. The Hall–Kier alpha value is -3.29. The molecule has 1 aromatic heterocycles. The molecule has 3 rings (SSSR count). The first kappa shape index (κ1) is 20.4. The van der Waals surface area contributed by atoms with Crippen LogP contribution >= 0.6 is 0 Å². The topological polar surface area (TPSA) is 119 Å². The lowest BCUT2D eigenvalue weighted by Gasteiger charge is -2.13. The lowest BCUT2D eigenvalue weighted by Crippen LogP contribution is -2.27. The Morgan fingerprint density at radius 1 is 1.24 bits per heavy atom. The molecule has 0 bridgehead atoms. The van der Waals surface area contributed by atoms with Crippen LogP contribution in [0.4, 0.5) is 10.5 Å². The Morgan fingerprint density at radius 3 is 2.69 bits per heavy atom. The van der Waals surface area contributed by atoms with Gasteiger partial charge >= 0.3 is 6.03 Å². The fourth-order valence-corrected chi connectivity index (χ4v) is 3.28. The number of nitrogens with one attached hydrogen (secondary N) is 2. The molecular weight excluding hydrogens is 372 g/mol. The minimum absolute atomic E-state index is 0.243. The summed E-state index contributed by atoms with van der Waals surface area (Å²) in [6.07, 6.45) is 4.28. The maximum absolute atomic E-state index is 12.8. The van der Waals surface area contributed by atoms with Gasteiger partial charge in [-0.05, 0) is 50.5 Å². The number of carbonyl (C=O) groups is 2. The number of nitrogens with two attached hydrogens (primary N) is 1. The van der Waals surface area contributed by atoms with Crippen molar-refractivity contribution >= 4 is 23.3 Å². The first-order valence-corrected chi connectivity index (χ1v) is 9.78. The van der Waals surface area contributed by atoms with E-state index < -0.39 is 6.03 Å². The smallest absolute Gasteiger partial charge is 0.332 e. The number of hydrogen-bond donors (Lipinski definition) is 3. The fourth-order valence-electron chi connectivity index (χ4n) is 3.28. The third-order valence-corrected chi connectivity index (χ3v) is 4.71. The van der Waals surface area contributed by atoms with Crippen LogP contribution in [0, 0.1) is 6.92 Å². The van der Waals surface area contributed by atoms with E-state index in [4.69, 9.17) is 14.9 Å². The largest absolute Gasteiger partial charge is 0.494 e. The summed E-state index contributed by atoms with van der Waals surface area (Å²) in [6, 6.07) is 6.50. The zero-order chi connectivity index (χ0) is 20.8. The molecule has 8 heteroatoms. The average molecular weight is 398 g/mol. The molecule has 0 aliphatic heterocycles. The van der Waals surface area contributed by atoms with Gasteiger partial charge in [-0.2, -0.15) is 5.10 Å². The van der Waals surface area contributed by atoms with Crippen LogP contribution in [0.5, 0.6) is 5.75 Å². The predicted octanol–water partition coefficient (Wildman–Crippen LogP) is 3.73. The molecular formula is C21H26N4O4. The molecule has 2 aromatic rings. The monoisotopic (exact) mass is 398 g/mol. The Kier molecular flexibility index (Phi) is 6.54. The lowest BCUT2D eigenvalue weighted by molar-refractivity contribution is 0.0994. The second-order valence-corrected chi connectivity index (χ2v) is 6.92. The second kappa shape index (κ2) is 9.27. The predicted molar refractivity (Wildman–Crippen MR) is 110 cm³/mol. The molecule has 4 N–H and O–H groups in total. The maximum atomic E-state index is 12.8. The SMILES string of the molecule is CCCCOc1ccc(NC(=O)c2oc3c(c2C)/C(=N/NC(N)=O)CCC3)cc1. The van der Waals surface area contributed by atoms with E-state index in [2.05, 4.69) is 22.8 Å². The van der Waals surface area contributed by atoms with Crippen LogP contribution in [0.25, 0.3) is 0 Å². The number of urea groups is 1. The van der Waals surface area contributed by atoms with E-state index in [1.807, 2.05) is 19.1 Å². The molecule has 0 fully saturated rings. The fraction of sp³-hybridized carbons (Fsp3) is 0.381. The van der Waals surface area contributed by atoms with Crippen LogP contribution in [0.2, 0.25) is 0 Å². The third-order valence-electron chi connectivity index (χ3n) is 4.71. The first-order valence-electron chi connectivity index (χ1n) is 9.78. The number of ether oxygens (including phenoxy) is 1. The highest BCUT2D eigenvalue weighted by atomic mass is 16.5. The molecule has 0 saturated heterocycles.